The number of nitrogens with two attached hydrogens (primary N) is 2. The third-order valence-electron chi connectivity index (χ3n) is 1.79. The largest absolute Gasteiger partial charge is 0.490 e. The number of hydrogen-bond acceptors (Lipinski definition) is 4. The van der Waals surface area contributed by atoms with Crippen LogP contribution in [0, 0.1) is 0 Å². The first-order chi connectivity index (χ1) is 8.16. The van der Waals surface area contributed by atoms with Crippen LogP contribution in [0.4, 0.5) is 13.2 Å². The van der Waals surface area contributed by atoms with Crippen molar-refractivity contribution in [3.63, 3.8) is 0 Å². The summed E-state index contributed by atoms with van der Waals surface area (Å²) in [7, 11) is 1.59. The van der Waals surface area contributed by atoms with Gasteiger partial charge in [0.15, 0.2) is 0 Å². The Morgan fingerprint density at radius 1 is 1.33 bits per heavy atom. The Kier molecular flexibility index (Phi) is 10.2. The Morgan fingerprint density at radius 2 is 1.78 bits per heavy atom. The lowest BCUT2D eigenvalue weighted by atomic mass is 10.1. The fourth-order valence-corrected chi connectivity index (χ4v) is 0.825. The molecule has 1 amide bonds. The second-order valence-corrected chi connectivity index (χ2v) is 3.31. The van der Waals surface area contributed by atoms with Crippen molar-refractivity contribution >= 4 is 11.9 Å². The van der Waals surface area contributed by atoms with E-state index in [0.29, 0.717) is 6.54 Å². The van der Waals surface area contributed by atoms with E-state index in [4.69, 9.17) is 21.4 Å². The molecule has 0 aliphatic carbocycles. The highest BCUT2D eigenvalue weighted by Crippen LogP contribution is 2.13. The minimum atomic E-state index is -5.08. The summed E-state index contributed by atoms with van der Waals surface area (Å²) in [4.78, 5) is 19.7. The Hall–Kier alpha value is -1.35. The van der Waals surface area contributed by atoms with Crippen molar-refractivity contribution in [3.05, 3.63) is 0 Å². The highest BCUT2D eigenvalue weighted by Gasteiger charge is 2.38. The molecule has 0 aromatic rings. The Morgan fingerprint density at radius 3 is 2.06 bits per heavy atom. The zero-order valence-electron chi connectivity index (χ0n) is 9.96. The molecular weight excluding hydrogens is 255 g/mol. The molecule has 6 nitrogen and oxygen atoms in total. The summed E-state index contributed by atoms with van der Waals surface area (Å²) < 4.78 is 31.7. The summed E-state index contributed by atoms with van der Waals surface area (Å²) in [6, 6.07) is -0.369. The molecular formula is C9H18F3N3O3. The number of carboxylic acid groups (broad SMARTS) is 1. The van der Waals surface area contributed by atoms with Gasteiger partial charge in [0, 0.05) is 7.05 Å². The molecule has 0 saturated carbocycles. The summed E-state index contributed by atoms with van der Waals surface area (Å²) in [5, 5.41) is 9.62. The van der Waals surface area contributed by atoms with E-state index in [2.05, 4.69) is 5.32 Å². The number of amides is 1. The molecule has 108 valence electrons. The summed E-state index contributed by atoms with van der Waals surface area (Å²) in [5.74, 6) is -2.85. The van der Waals surface area contributed by atoms with Crippen LogP contribution >= 0.6 is 0 Å². The van der Waals surface area contributed by atoms with E-state index in [1.165, 1.54) is 0 Å². The van der Waals surface area contributed by atoms with Gasteiger partial charge in [-0.1, -0.05) is 6.42 Å². The van der Waals surface area contributed by atoms with Crippen LogP contribution in [0.5, 0.6) is 0 Å². The number of hydrogen-bond donors (Lipinski definition) is 4. The number of alkyl halides is 3. The predicted molar refractivity (Wildman–Crippen MR) is 58.6 cm³/mol. The second kappa shape index (κ2) is 9.66. The first-order valence-electron chi connectivity index (χ1n) is 5.14. The number of nitrogens with one attached hydrogen (secondary N) is 1. The molecule has 9 heteroatoms. The van der Waals surface area contributed by atoms with E-state index in [-0.39, 0.29) is 11.9 Å². The average Bonchev–Trinajstić information content (AvgIpc) is 2.27. The molecule has 0 bridgehead atoms. The lowest BCUT2D eigenvalue weighted by Crippen LogP contribution is -2.38. The molecule has 0 rings (SSSR count). The number of carboxylic acids is 1. The van der Waals surface area contributed by atoms with Crippen LogP contribution in [0.15, 0.2) is 0 Å². The van der Waals surface area contributed by atoms with Gasteiger partial charge in [-0.2, -0.15) is 13.2 Å². The molecule has 0 saturated heterocycles. The van der Waals surface area contributed by atoms with Crippen molar-refractivity contribution in [2.75, 3.05) is 13.6 Å². The smallest absolute Gasteiger partial charge is 0.475 e. The molecule has 0 fully saturated rings. The molecule has 0 aromatic heterocycles. The van der Waals surface area contributed by atoms with Crippen molar-refractivity contribution < 1.29 is 27.9 Å². The Balaban J connectivity index is 0. The number of unbranched alkanes of at least 4 members (excludes halogenated alkanes) is 1. The fourth-order valence-electron chi connectivity index (χ4n) is 0.825. The molecule has 6 N–H and O–H groups in total. The molecule has 18 heavy (non-hydrogen) atoms. The minimum Gasteiger partial charge on any atom is -0.475 e. The van der Waals surface area contributed by atoms with Crippen LogP contribution in [0.2, 0.25) is 0 Å². The van der Waals surface area contributed by atoms with Crippen LogP contribution in [0.1, 0.15) is 19.3 Å². The first-order valence-corrected chi connectivity index (χ1v) is 5.14. The molecule has 0 aliphatic heterocycles. The van der Waals surface area contributed by atoms with Gasteiger partial charge < -0.3 is 21.9 Å². The third-order valence-corrected chi connectivity index (χ3v) is 1.79. The molecule has 0 spiro atoms. The van der Waals surface area contributed by atoms with Crippen LogP contribution < -0.4 is 16.8 Å². The van der Waals surface area contributed by atoms with E-state index in [1.807, 2.05) is 0 Å². The highest BCUT2D eigenvalue weighted by molar-refractivity contribution is 5.81. The monoisotopic (exact) mass is 273 g/mol. The molecule has 0 radical (unpaired) electrons. The summed E-state index contributed by atoms with van der Waals surface area (Å²) in [5.41, 5.74) is 10.8. The molecule has 0 aromatic carbocycles. The fraction of sp³-hybridized carbons (Fsp3) is 0.778. The molecule has 1 atom stereocenters. The second-order valence-electron chi connectivity index (χ2n) is 3.31. The maximum absolute atomic E-state index is 10.8. The lowest BCUT2D eigenvalue weighted by molar-refractivity contribution is -0.192. The SMILES string of the molecule is CNC(=O)[C@@H](N)CCCCN.O=C(O)C(F)(F)F. The number of carbonyl (C=O) groups is 2. The van der Waals surface area contributed by atoms with E-state index >= 15 is 0 Å². The summed E-state index contributed by atoms with van der Waals surface area (Å²) >= 11 is 0. The van der Waals surface area contributed by atoms with E-state index in [0.717, 1.165) is 19.3 Å². The molecule has 0 unspecified atom stereocenters. The van der Waals surface area contributed by atoms with Crippen molar-refractivity contribution in [1.29, 1.82) is 0 Å². The number of aliphatic carboxylic acids is 1. The van der Waals surface area contributed by atoms with Crippen molar-refractivity contribution in [1.82, 2.24) is 5.32 Å². The van der Waals surface area contributed by atoms with Crippen LogP contribution in [-0.2, 0) is 9.59 Å². The zero-order chi connectivity index (χ0) is 14.8. The van der Waals surface area contributed by atoms with Crippen LogP contribution in [-0.4, -0.2) is 42.8 Å². The minimum absolute atomic E-state index is 0.0954. The van der Waals surface area contributed by atoms with Gasteiger partial charge in [0.1, 0.15) is 0 Å². The van der Waals surface area contributed by atoms with Gasteiger partial charge in [-0.15, -0.1) is 0 Å². The lowest BCUT2D eigenvalue weighted by Gasteiger charge is -2.08. The number of rotatable bonds is 5. The standard InChI is InChI=1S/C7H17N3O.C2HF3O2/c1-10-7(11)6(9)4-2-3-5-8;3-2(4,5)1(6)7/h6H,2-5,8-9H2,1H3,(H,10,11);(H,6,7)/t6-;/m0./s1. The van der Waals surface area contributed by atoms with Crippen molar-refractivity contribution in [2.24, 2.45) is 11.5 Å². The van der Waals surface area contributed by atoms with Crippen LogP contribution in [0.25, 0.3) is 0 Å². The average molecular weight is 273 g/mol. The summed E-state index contributed by atoms with van der Waals surface area (Å²) in [6.07, 6.45) is -2.51. The predicted octanol–water partition coefficient (Wildman–Crippen LogP) is -0.178. The summed E-state index contributed by atoms with van der Waals surface area (Å²) in [6.45, 7) is 0.667. The van der Waals surface area contributed by atoms with Crippen molar-refractivity contribution in [3.8, 4) is 0 Å². The van der Waals surface area contributed by atoms with Gasteiger partial charge in [-0.25, -0.2) is 4.79 Å². The maximum atomic E-state index is 10.8. The molecule has 0 aliphatic rings. The normalized spacial score (nSPS) is 12.1. The van der Waals surface area contributed by atoms with Gasteiger partial charge in [0.25, 0.3) is 0 Å². The third kappa shape index (κ3) is 11.1. The van der Waals surface area contributed by atoms with Gasteiger partial charge >= 0.3 is 12.1 Å². The quantitative estimate of drug-likeness (QED) is 0.518. The Bertz CT molecular complexity index is 259. The van der Waals surface area contributed by atoms with Gasteiger partial charge in [0.2, 0.25) is 5.91 Å². The van der Waals surface area contributed by atoms with Crippen LogP contribution in [0.3, 0.4) is 0 Å². The Labute approximate surface area is 103 Å². The highest BCUT2D eigenvalue weighted by atomic mass is 19.4. The number of halogens is 3. The van der Waals surface area contributed by atoms with Gasteiger partial charge in [-0.3, -0.25) is 4.79 Å². The number of likely N-dealkylation sites (N-methyl/N-ethyl adjacent to an activating group) is 1. The van der Waals surface area contributed by atoms with E-state index < -0.39 is 12.1 Å². The van der Waals surface area contributed by atoms with E-state index in [9.17, 15) is 18.0 Å². The number of carbonyl (C=O) groups excluding carboxylic acids is 1. The van der Waals surface area contributed by atoms with E-state index in [1.54, 1.807) is 7.05 Å². The topological polar surface area (TPSA) is 118 Å². The molecule has 0 heterocycles. The van der Waals surface area contributed by atoms with Gasteiger partial charge in [-0.05, 0) is 19.4 Å². The van der Waals surface area contributed by atoms with Gasteiger partial charge in [0.05, 0.1) is 6.04 Å². The maximum Gasteiger partial charge on any atom is 0.490 e. The first kappa shape index (κ1) is 19.0. The zero-order valence-corrected chi connectivity index (χ0v) is 9.96. The van der Waals surface area contributed by atoms with Crippen molar-refractivity contribution in [2.45, 2.75) is 31.5 Å².